The van der Waals surface area contributed by atoms with Gasteiger partial charge in [-0.1, -0.05) is 35.0 Å². The van der Waals surface area contributed by atoms with Crippen molar-refractivity contribution in [2.45, 2.75) is 54.7 Å². The van der Waals surface area contributed by atoms with E-state index >= 15 is 0 Å². The number of alkyl halides is 1. The van der Waals surface area contributed by atoms with Crippen LogP contribution >= 0.6 is 15.9 Å². The molecule has 5 heteroatoms. The molecule has 1 spiro atoms. The fourth-order valence-corrected chi connectivity index (χ4v) is 5.58. The number of esters is 1. The van der Waals surface area contributed by atoms with Gasteiger partial charge in [0.25, 0.3) is 0 Å². The summed E-state index contributed by atoms with van der Waals surface area (Å²) in [6, 6.07) is 0. The summed E-state index contributed by atoms with van der Waals surface area (Å²) in [6.45, 7) is 6.20. The van der Waals surface area contributed by atoms with Gasteiger partial charge in [0.05, 0.1) is 6.61 Å². The Morgan fingerprint density at radius 2 is 2.25 bits per heavy atom. The van der Waals surface area contributed by atoms with Crippen LogP contribution < -0.4 is 0 Å². The van der Waals surface area contributed by atoms with Crippen LogP contribution in [0, 0.1) is 11.3 Å². The number of hydrogen-bond acceptors (Lipinski definition) is 4. The van der Waals surface area contributed by atoms with Crippen molar-refractivity contribution in [3.8, 4) is 0 Å². The molecule has 20 heavy (non-hydrogen) atoms. The van der Waals surface area contributed by atoms with Crippen LogP contribution in [0.2, 0.25) is 0 Å². The SMILES string of the molecule is C=C1CC[C@@H](Br)[C@]2(C)CC[C@]34O[C@@]3(CO)C(=O)O[C@@H]4C12. The van der Waals surface area contributed by atoms with Crippen molar-refractivity contribution in [2.24, 2.45) is 11.3 Å². The van der Waals surface area contributed by atoms with Gasteiger partial charge in [-0.15, -0.1) is 0 Å². The van der Waals surface area contributed by atoms with Crippen molar-refractivity contribution < 1.29 is 19.4 Å². The molecule has 2 aliphatic carbocycles. The van der Waals surface area contributed by atoms with E-state index in [1.54, 1.807) is 0 Å². The number of fused-ring (bicyclic) bond motifs is 2. The molecular weight excluding hydrogens is 324 g/mol. The second-order valence-corrected chi connectivity index (χ2v) is 8.06. The van der Waals surface area contributed by atoms with Gasteiger partial charge in [-0.3, -0.25) is 0 Å². The Bertz CT molecular complexity index is 520. The van der Waals surface area contributed by atoms with Crippen molar-refractivity contribution in [3.05, 3.63) is 12.2 Å². The number of rotatable bonds is 1. The summed E-state index contributed by atoms with van der Waals surface area (Å²) in [5.74, 6) is -0.270. The van der Waals surface area contributed by atoms with Crippen LogP contribution in [0.15, 0.2) is 12.2 Å². The minimum absolute atomic E-state index is 0.0447. The highest BCUT2D eigenvalue weighted by molar-refractivity contribution is 9.09. The van der Waals surface area contributed by atoms with Crippen molar-refractivity contribution in [1.29, 1.82) is 0 Å². The predicted molar refractivity (Wildman–Crippen MR) is 75.4 cm³/mol. The minimum Gasteiger partial charge on any atom is -0.456 e. The highest BCUT2D eigenvalue weighted by Gasteiger charge is 2.87. The third kappa shape index (κ3) is 1.20. The molecule has 0 aromatic heterocycles. The topological polar surface area (TPSA) is 59.1 Å². The quantitative estimate of drug-likeness (QED) is 0.342. The second kappa shape index (κ2) is 3.68. The van der Waals surface area contributed by atoms with Crippen LogP contribution in [0.1, 0.15) is 32.6 Å². The Balaban J connectivity index is 1.78. The van der Waals surface area contributed by atoms with E-state index < -0.39 is 17.2 Å². The zero-order chi connectivity index (χ0) is 14.3. The Hall–Kier alpha value is -0.390. The summed E-state index contributed by atoms with van der Waals surface area (Å²) >= 11 is 3.82. The zero-order valence-corrected chi connectivity index (χ0v) is 13.1. The first-order valence-corrected chi connectivity index (χ1v) is 8.17. The number of carbonyl (C=O) groups is 1. The van der Waals surface area contributed by atoms with Crippen molar-refractivity contribution in [3.63, 3.8) is 0 Å². The molecule has 2 saturated heterocycles. The Morgan fingerprint density at radius 1 is 1.50 bits per heavy atom. The average molecular weight is 343 g/mol. The van der Waals surface area contributed by atoms with Crippen molar-refractivity contribution in [2.75, 3.05) is 6.61 Å². The number of halogens is 1. The number of hydrogen-bond donors (Lipinski definition) is 1. The molecule has 0 amide bonds. The molecule has 4 rings (SSSR count). The van der Waals surface area contributed by atoms with Crippen LogP contribution in [-0.2, 0) is 14.3 Å². The van der Waals surface area contributed by atoms with Crippen LogP contribution in [0.4, 0.5) is 0 Å². The normalized spacial score (nSPS) is 56.6. The lowest BCUT2D eigenvalue weighted by Gasteiger charge is -2.53. The lowest BCUT2D eigenvalue weighted by Crippen LogP contribution is -2.55. The molecule has 110 valence electrons. The Morgan fingerprint density at radius 3 is 2.90 bits per heavy atom. The lowest BCUT2D eigenvalue weighted by molar-refractivity contribution is -0.165. The number of carbonyl (C=O) groups excluding carboxylic acids is 1. The first kappa shape index (κ1) is 13.3. The molecule has 1 N–H and O–H groups in total. The maximum atomic E-state index is 12.1. The van der Waals surface area contributed by atoms with E-state index in [9.17, 15) is 9.90 Å². The van der Waals surface area contributed by atoms with Crippen molar-refractivity contribution >= 4 is 21.9 Å². The van der Waals surface area contributed by atoms with Gasteiger partial charge in [0.2, 0.25) is 5.60 Å². The summed E-state index contributed by atoms with van der Waals surface area (Å²) in [6.07, 6.45) is 3.47. The minimum atomic E-state index is -1.08. The Kier molecular flexibility index (Phi) is 2.44. The monoisotopic (exact) mass is 342 g/mol. The van der Waals surface area contributed by atoms with Gasteiger partial charge in [0.15, 0.2) is 0 Å². The van der Waals surface area contributed by atoms with Gasteiger partial charge in [-0.2, -0.15) is 0 Å². The van der Waals surface area contributed by atoms with E-state index in [4.69, 9.17) is 9.47 Å². The first-order valence-electron chi connectivity index (χ1n) is 7.25. The predicted octanol–water partition coefficient (Wildman–Crippen LogP) is 1.94. The summed E-state index contributed by atoms with van der Waals surface area (Å²) in [5, 5.41) is 9.59. The second-order valence-electron chi connectivity index (χ2n) is 6.95. The molecule has 4 aliphatic rings. The molecule has 2 aliphatic heterocycles. The molecule has 1 unspecified atom stereocenters. The van der Waals surface area contributed by atoms with Gasteiger partial charge in [0.1, 0.15) is 11.7 Å². The molecule has 6 atom stereocenters. The standard InChI is InChI=1S/C15H19BrO4/c1-8-3-4-9(16)13(2)5-6-14-11(10(8)13)19-12(18)15(14,7-17)20-14/h9-11,17H,1,3-7H2,2H3/t9-,10?,11-,13+,14-,15+/m1/s1. The van der Waals surface area contributed by atoms with Crippen LogP contribution in [-0.4, -0.2) is 39.8 Å². The molecule has 0 radical (unpaired) electrons. The summed E-state index contributed by atoms with van der Waals surface area (Å²) in [4.78, 5) is 12.6. The maximum absolute atomic E-state index is 12.1. The maximum Gasteiger partial charge on any atom is 0.344 e. The van der Waals surface area contributed by atoms with E-state index in [2.05, 4.69) is 29.4 Å². The zero-order valence-electron chi connectivity index (χ0n) is 11.5. The molecule has 4 nitrogen and oxygen atoms in total. The molecule has 0 bridgehead atoms. The number of aliphatic hydroxyl groups excluding tert-OH is 1. The lowest BCUT2D eigenvalue weighted by atomic mass is 9.54. The highest BCUT2D eigenvalue weighted by Crippen LogP contribution is 2.69. The van der Waals surface area contributed by atoms with Crippen LogP contribution in [0.25, 0.3) is 0 Å². The van der Waals surface area contributed by atoms with Gasteiger partial charge >= 0.3 is 5.97 Å². The molecule has 2 saturated carbocycles. The Labute approximate surface area is 126 Å². The molecule has 0 aromatic rings. The van der Waals surface area contributed by atoms with Crippen LogP contribution in [0.5, 0.6) is 0 Å². The smallest absolute Gasteiger partial charge is 0.344 e. The molecular formula is C15H19BrO4. The average Bonchev–Trinajstić information content (AvgIpc) is 3.03. The van der Waals surface area contributed by atoms with Gasteiger partial charge < -0.3 is 14.6 Å². The van der Waals surface area contributed by atoms with E-state index in [1.165, 1.54) is 0 Å². The van der Waals surface area contributed by atoms with Gasteiger partial charge in [-0.25, -0.2) is 4.79 Å². The fraction of sp³-hybridized carbons (Fsp3) is 0.800. The molecule has 0 aromatic carbocycles. The third-order valence-corrected chi connectivity index (χ3v) is 7.67. The summed E-state index contributed by atoms with van der Waals surface area (Å²) in [7, 11) is 0. The number of ether oxygens (including phenoxy) is 2. The number of aliphatic hydroxyl groups is 1. The van der Waals surface area contributed by atoms with Gasteiger partial charge in [0, 0.05) is 10.7 Å². The van der Waals surface area contributed by atoms with Gasteiger partial charge in [-0.05, 0) is 31.1 Å². The number of epoxide rings is 1. The fourth-order valence-electron chi connectivity index (χ4n) is 4.84. The summed E-state index contributed by atoms with van der Waals surface area (Å²) in [5.41, 5.74) is -0.485. The van der Waals surface area contributed by atoms with E-state index in [0.717, 1.165) is 31.3 Å². The molecule has 2 heterocycles. The van der Waals surface area contributed by atoms with E-state index in [0.29, 0.717) is 4.83 Å². The van der Waals surface area contributed by atoms with E-state index in [1.807, 2.05) is 0 Å². The van der Waals surface area contributed by atoms with E-state index in [-0.39, 0.29) is 24.0 Å². The molecule has 4 fully saturated rings. The van der Waals surface area contributed by atoms with Crippen molar-refractivity contribution in [1.82, 2.24) is 0 Å². The highest BCUT2D eigenvalue weighted by atomic mass is 79.9. The largest absolute Gasteiger partial charge is 0.456 e. The third-order valence-electron chi connectivity index (χ3n) is 6.17. The van der Waals surface area contributed by atoms with Crippen LogP contribution in [0.3, 0.4) is 0 Å². The summed E-state index contributed by atoms with van der Waals surface area (Å²) < 4.78 is 11.5. The first-order chi connectivity index (χ1) is 9.41.